The van der Waals surface area contributed by atoms with Gasteiger partial charge in [-0.15, -0.1) is 0 Å². The predicted octanol–water partition coefficient (Wildman–Crippen LogP) is 3.69. The van der Waals surface area contributed by atoms with Gasteiger partial charge in [-0.3, -0.25) is 9.48 Å². The molecular weight excluding hydrogens is 502 g/mol. The fraction of sp³-hybridized carbons (Fsp3) is 0.621. The fourth-order valence-corrected chi connectivity index (χ4v) is 5.94. The number of nitrogens with zero attached hydrogens (tertiary/aromatic N) is 3. The molecule has 2 atom stereocenters. The Kier molecular flexibility index (Phi) is 10.1. The number of carbonyl (C=O) groups excluding carboxylic acids is 2. The lowest BCUT2D eigenvalue weighted by Gasteiger charge is -2.39. The summed E-state index contributed by atoms with van der Waals surface area (Å²) in [6, 6.07) is 3.12. The highest BCUT2D eigenvalue weighted by molar-refractivity contribution is 5.89. The van der Waals surface area contributed by atoms with E-state index in [9.17, 15) is 9.59 Å². The third-order valence-electron chi connectivity index (χ3n) is 7.89. The van der Waals surface area contributed by atoms with Crippen LogP contribution in [0, 0.1) is 5.92 Å². The van der Waals surface area contributed by atoms with Gasteiger partial charge in [-0.1, -0.05) is 19.3 Å². The number of aliphatic hydroxyl groups excluding tert-OH is 1. The van der Waals surface area contributed by atoms with E-state index in [1.165, 1.54) is 6.42 Å². The third kappa shape index (κ3) is 6.66. The number of likely N-dealkylation sites (tertiary alicyclic amines) is 1. The molecule has 1 aliphatic heterocycles. The van der Waals surface area contributed by atoms with Crippen molar-refractivity contribution in [1.82, 2.24) is 14.7 Å². The van der Waals surface area contributed by atoms with Gasteiger partial charge in [0.2, 0.25) is 11.7 Å². The van der Waals surface area contributed by atoms with Crippen LogP contribution in [0.2, 0.25) is 0 Å². The SMILES string of the molecule is COc1cc([C@@H](C(=O)N2CCCC[C@H]2C(=O)OCc2cnn(CCO)c2)C2CCCCC2)cc(OC)c1OC. The van der Waals surface area contributed by atoms with Crippen LogP contribution in [0.3, 0.4) is 0 Å². The average molecular weight is 544 g/mol. The largest absolute Gasteiger partial charge is 0.493 e. The minimum absolute atomic E-state index is 0.0197. The van der Waals surface area contributed by atoms with E-state index in [1.807, 2.05) is 12.1 Å². The van der Waals surface area contributed by atoms with Gasteiger partial charge in [0.25, 0.3) is 0 Å². The molecule has 214 valence electrons. The summed E-state index contributed by atoms with van der Waals surface area (Å²) in [5.74, 6) is 0.793. The maximum absolute atomic E-state index is 14.4. The van der Waals surface area contributed by atoms with Crippen molar-refractivity contribution in [3.63, 3.8) is 0 Å². The smallest absolute Gasteiger partial charge is 0.329 e. The first-order valence-corrected chi connectivity index (χ1v) is 13.9. The molecule has 0 bridgehead atoms. The van der Waals surface area contributed by atoms with Gasteiger partial charge < -0.3 is 29.0 Å². The van der Waals surface area contributed by atoms with Gasteiger partial charge in [0.05, 0.1) is 46.6 Å². The van der Waals surface area contributed by atoms with Crippen molar-refractivity contribution in [2.24, 2.45) is 5.92 Å². The highest BCUT2D eigenvalue weighted by Gasteiger charge is 2.40. The fourth-order valence-electron chi connectivity index (χ4n) is 5.94. The highest BCUT2D eigenvalue weighted by Crippen LogP contribution is 2.45. The second kappa shape index (κ2) is 13.7. The first kappa shape index (κ1) is 28.7. The third-order valence-corrected chi connectivity index (χ3v) is 7.89. The van der Waals surface area contributed by atoms with E-state index in [4.69, 9.17) is 24.1 Å². The monoisotopic (exact) mass is 543 g/mol. The summed E-state index contributed by atoms with van der Waals surface area (Å²) in [7, 11) is 4.71. The minimum atomic E-state index is -0.633. The number of esters is 1. The number of benzene rings is 1. The topological polar surface area (TPSA) is 112 Å². The molecule has 0 spiro atoms. The lowest BCUT2D eigenvalue weighted by Crippen LogP contribution is -2.51. The van der Waals surface area contributed by atoms with Gasteiger partial charge in [-0.25, -0.2) is 4.79 Å². The van der Waals surface area contributed by atoms with Crippen molar-refractivity contribution in [3.8, 4) is 17.2 Å². The summed E-state index contributed by atoms with van der Waals surface area (Å²) in [6.07, 6.45) is 10.9. The zero-order valence-corrected chi connectivity index (χ0v) is 23.3. The molecular formula is C29H41N3O7. The van der Waals surface area contributed by atoms with Crippen LogP contribution in [0.15, 0.2) is 24.5 Å². The van der Waals surface area contributed by atoms with Crippen LogP contribution in [0.1, 0.15) is 68.4 Å². The molecule has 1 aromatic heterocycles. The Hall–Kier alpha value is -3.27. The van der Waals surface area contributed by atoms with Crippen LogP contribution in [0.5, 0.6) is 17.2 Å². The lowest BCUT2D eigenvalue weighted by atomic mass is 9.75. The summed E-state index contributed by atoms with van der Waals surface area (Å²) in [5, 5.41) is 13.3. The number of piperidine rings is 1. The molecule has 39 heavy (non-hydrogen) atoms. The summed E-state index contributed by atoms with van der Waals surface area (Å²) in [5.41, 5.74) is 1.55. The number of amides is 1. The molecule has 4 rings (SSSR count). The molecule has 1 aromatic carbocycles. The summed E-state index contributed by atoms with van der Waals surface area (Å²) in [6.45, 7) is 0.943. The van der Waals surface area contributed by atoms with Gasteiger partial charge in [0.15, 0.2) is 11.5 Å². The van der Waals surface area contributed by atoms with Crippen molar-refractivity contribution in [3.05, 3.63) is 35.7 Å². The van der Waals surface area contributed by atoms with Crippen molar-refractivity contribution >= 4 is 11.9 Å². The number of carbonyl (C=O) groups is 2. The number of methoxy groups -OCH3 is 3. The van der Waals surface area contributed by atoms with E-state index in [2.05, 4.69) is 5.10 Å². The predicted molar refractivity (Wildman–Crippen MR) is 144 cm³/mol. The summed E-state index contributed by atoms with van der Waals surface area (Å²) < 4.78 is 24.0. The standard InChI is InChI=1S/C29H41N3O7/c1-36-24-15-22(16-25(37-2)27(24)38-3)26(21-9-5-4-6-10-21)28(34)32-12-8-7-11-23(32)29(35)39-19-20-17-30-31(18-20)13-14-33/h15-18,21,23,26,33H,4-14,19H2,1-3H3/t23-,26-/m0/s1. The number of hydrogen-bond acceptors (Lipinski definition) is 8. The zero-order chi connectivity index (χ0) is 27.8. The first-order chi connectivity index (χ1) is 19.0. The van der Waals surface area contributed by atoms with Gasteiger partial charge in [0.1, 0.15) is 12.6 Å². The molecule has 1 amide bonds. The molecule has 1 saturated heterocycles. The number of hydrogen-bond donors (Lipinski definition) is 1. The van der Waals surface area contributed by atoms with Crippen molar-refractivity contribution < 1.29 is 33.6 Å². The highest BCUT2D eigenvalue weighted by atomic mass is 16.5. The Morgan fingerprint density at radius 1 is 1.00 bits per heavy atom. The second-order valence-electron chi connectivity index (χ2n) is 10.3. The Morgan fingerprint density at radius 2 is 1.69 bits per heavy atom. The number of aromatic nitrogens is 2. The first-order valence-electron chi connectivity index (χ1n) is 13.9. The Balaban J connectivity index is 1.59. The summed E-state index contributed by atoms with van der Waals surface area (Å²) in [4.78, 5) is 29.4. The molecule has 1 saturated carbocycles. The molecule has 1 aliphatic carbocycles. The maximum atomic E-state index is 14.4. The van der Waals surface area contributed by atoms with Crippen LogP contribution in [0.25, 0.3) is 0 Å². The van der Waals surface area contributed by atoms with Crippen LogP contribution in [0.4, 0.5) is 0 Å². The van der Waals surface area contributed by atoms with Crippen molar-refractivity contribution in [2.45, 2.75) is 76.5 Å². The normalized spacial score (nSPS) is 18.9. The van der Waals surface area contributed by atoms with Gasteiger partial charge in [-0.2, -0.15) is 5.10 Å². The Bertz CT molecular complexity index is 1090. The van der Waals surface area contributed by atoms with Crippen molar-refractivity contribution in [2.75, 3.05) is 34.5 Å². The molecule has 1 N–H and O–H groups in total. The molecule has 2 fully saturated rings. The van der Waals surface area contributed by atoms with E-state index >= 15 is 0 Å². The quantitative estimate of drug-likeness (QED) is 0.427. The molecule has 0 unspecified atom stereocenters. The van der Waals surface area contributed by atoms with E-state index in [0.717, 1.165) is 49.7 Å². The van der Waals surface area contributed by atoms with Crippen LogP contribution in [-0.2, 0) is 27.5 Å². The Labute approximate surface area is 230 Å². The van der Waals surface area contributed by atoms with E-state index in [0.29, 0.717) is 36.8 Å². The number of aliphatic hydroxyl groups is 1. The van der Waals surface area contributed by atoms with Gasteiger partial charge in [0, 0.05) is 18.3 Å². The minimum Gasteiger partial charge on any atom is -0.493 e. The zero-order valence-electron chi connectivity index (χ0n) is 23.3. The van der Waals surface area contributed by atoms with E-state index in [1.54, 1.807) is 43.3 Å². The van der Waals surface area contributed by atoms with Crippen LogP contribution < -0.4 is 14.2 Å². The van der Waals surface area contributed by atoms with E-state index in [-0.39, 0.29) is 25.0 Å². The van der Waals surface area contributed by atoms with Crippen LogP contribution >= 0.6 is 0 Å². The van der Waals surface area contributed by atoms with Gasteiger partial charge in [-0.05, 0) is 55.7 Å². The molecule has 10 nitrogen and oxygen atoms in total. The van der Waals surface area contributed by atoms with E-state index < -0.39 is 17.9 Å². The van der Waals surface area contributed by atoms with Crippen LogP contribution in [-0.4, -0.2) is 72.2 Å². The summed E-state index contributed by atoms with van der Waals surface area (Å²) >= 11 is 0. The maximum Gasteiger partial charge on any atom is 0.329 e. The number of rotatable bonds is 11. The van der Waals surface area contributed by atoms with Crippen molar-refractivity contribution in [1.29, 1.82) is 0 Å². The number of ether oxygens (including phenoxy) is 4. The molecule has 2 aromatic rings. The molecule has 2 heterocycles. The lowest BCUT2D eigenvalue weighted by molar-refractivity contribution is -0.159. The molecule has 10 heteroatoms. The van der Waals surface area contributed by atoms with Gasteiger partial charge >= 0.3 is 5.97 Å². The molecule has 0 radical (unpaired) electrons. The Morgan fingerprint density at radius 3 is 2.33 bits per heavy atom. The molecule has 2 aliphatic rings. The second-order valence-corrected chi connectivity index (χ2v) is 10.3. The average Bonchev–Trinajstić information content (AvgIpc) is 3.43.